The SMILES string of the molecule is Cc1ccc(S(=O)(=O)N(CC(=O)Nc2cccc(Cl)c2C)c2ccc(C)c(C)c2)cc1. The average molecular weight is 457 g/mol. The van der Waals surface area contributed by atoms with Crippen molar-refractivity contribution < 1.29 is 13.2 Å². The lowest BCUT2D eigenvalue weighted by molar-refractivity contribution is -0.114. The molecule has 0 unspecified atom stereocenters. The number of rotatable bonds is 6. The van der Waals surface area contributed by atoms with Crippen molar-refractivity contribution in [3.63, 3.8) is 0 Å². The predicted octanol–water partition coefficient (Wildman–Crippen LogP) is 5.41. The third kappa shape index (κ3) is 5.09. The number of hydrogen-bond donors (Lipinski definition) is 1. The number of nitrogens with zero attached hydrogens (tertiary/aromatic N) is 1. The Morgan fingerprint density at radius 3 is 2.26 bits per heavy atom. The molecule has 0 radical (unpaired) electrons. The Morgan fingerprint density at radius 1 is 0.935 bits per heavy atom. The molecule has 0 heterocycles. The fraction of sp³-hybridized carbons (Fsp3) is 0.208. The van der Waals surface area contributed by atoms with Crippen LogP contribution < -0.4 is 9.62 Å². The molecule has 0 aliphatic carbocycles. The minimum Gasteiger partial charge on any atom is -0.324 e. The van der Waals surface area contributed by atoms with Crippen LogP contribution >= 0.6 is 11.6 Å². The molecule has 0 saturated carbocycles. The molecule has 0 aromatic heterocycles. The van der Waals surface area contributed by atoms with E-state index in [4.69, 9.17) is 11.6 Å². The van der Waals surface area contributed by atoms with Crippen LogP contribution in [0.15, 0.2) is 65.6 Å². The van der Waals surface area contributed by atoms with Gasteiger partial charge in [0.2, 0.25) is 5.91 Å². The fourth-order valence-corrected chi connectivity index (χ4v) is 4.68. The molecule has 0 saturated heterocycles. The number of aryl methyl sites for hydroxylation is 3. The first kappa shape index (κ1) is 22.8. The predicted molar refractivity (Wildman–Crippen MR) is 126 cm³/mol. The van der Waals surface area contributed by atoms with Crippen LogP contribution in [0.3, 0.4) is 0 Å². The summed E-state index contributed by atoms with van der Waals surface area (Å²) < 4.78 is 28.1. The molecule has 7 heteroatoms. The zero-order valence-corrected chi connectivity index (χ0v) is 19.5. The summed E-state index contributed by atoms with van der Waals surface area (Å²) in [6.07, 6.45) is 0. The van der Waals surface area contributed by atoms with Gasteiger partial charge >= 0.3 is 0 Å². The second-order valence-electron chi connectivity index (χ2n) is 7.55. The minimum absolute atomic E-state index is 0.128. The van der Waals surface area contributed by atoms with Crippen LogP contribution in [0.2, 0.25) is 5.02 Å². The lowest BCUT2D eigenvalue weighted by Crippen LogP contribution is -2.38. The summed E-state index contributed by atoms with van der Waals surface area (Å²) in [5.41, 5.74) is 4.62. The van der Waals surface area contributed by atoms with E-state index >= 15 is 0 Å². The maximum Gasteiger partial charge on any atom is 0.264 e. The van der Waals surface area contributed by atoms with E-state index in [2.05, 4.69) is 5.32 Å². The standard InChI is InChI=1S/C24H25ClN2O3S/c1-16-8-12-21(13-9-16)31(29,30)27(20-11-10-17(2)18(3)14-20)15-24(28)26-23-7-5-6-22(25)19(23)4/h5-14H,15H2,1-4H3,(H,26,28). The van der Waals surface area contributed by atoms with Crippen molar-refractivity contribution >= 4 is 38.9 Å². The highest BCUT2D eigenvalue weighted by Crippen LogP contribution is 2.27. The van der Waals surface area contributed by atoms with Crippen LogP contribution in [0.1, 0.15) is 22.3 Å². The molecule has 5 nitrogen and oxygen atoms in total. The van der Waals surface area contributed by atoms with Gasteiger partial charge in [0, 0.05) is 10.7 Å². The maximum atomic E-state index is 13.5. The van der Waals surface area contributed by atoms with Crippen molar-refractivity contribution in [3.05, 3.63) is 87.9 Å². The number of carbonyl (C=O) groups excluding carboxylic acids is 1. The van der Waals surface area contributed by atoms with E-state index in [1.807, 2.05) is 26.8 Å². The van der Waals surface area contributed by atoms with Crippen LogP contribution in [0.25, 0.3) is 0 Å². The molecule has 0 aliphatic heterocycles. The molecule has 1 amide bonds. The van der Waals surface area contributed by atoms with E-state index in [0.717, 1.165) is 26.6 Å². The van der Waals surface area contributed by atoms with Crippen LogP contribution in [-0.2, 0) is 14.8 Å². The van der Waals surface area contributed by atoms with Gasteiger partial charge in [0.25, 0.3) is 10.0 Å². The van der Waals surface area contributed by atoms with Crippen molar-refractivity contribution in [1.29, 1.82) is 0 Å². The van der Waals surface area contributed by atoms with Gasteiger partial charge in [-0.25, -0.2) is 8.42 Å². The van der Waals surface area contributed by atoms with Gasteiger partial charge in [0.1, 0.15) is 6.54 Å². The van der Waals surface area contributed by atoms with Gasteiger partial charge in [-0.1, -0.05) is 41.4 Å². The zero-order valence-electron chi connectivity index (χ0n) is 17.9. The maximum absolute atomic E-state index is 13.5. The molecular weight excluding hydrogens is 432 g/mol. The number of sulfonamides is 1. The molecule has 162 valence electrons. The summed E-state index contributed by atoms with van der Waals surface area (Å²) >= 11 is 6.14. The number of nitrogens with one attached hydrogen (secondary N) is 1. The number of carbonyl (C=O) groups is 1. The summed E-state index contributed by atoms with van der Waals surface area (Å²) in [7, 11) is -3.96. The molecule has 3 rings (SSSR count). The smallest absolute Gasteiger partial charge is 0.264 e. The summed E-state index contributed by atoms with van der Waals surface area (Å²) in [6, 6.07) is 17.1. The van der Waals surface area contributed by atoms with Crippen molar-refractivity contribution in [1.82, 2.24) is 0 Å². The van der Waals surface area contributed by atoms with Gasteiger partial charge in [-0.05, 0) is 80.8 Å². The minimum atomic E-state index is -3.96. The first-order valence-corrected chi connectivity index (χ1v) is 11.6. The van der Waals surface area contributed by atoms with E-state index in [9.17, 15) is 13.2 Å². The van der Waals surface area contributed by atoms with Crippen LogP contribution in [-0.4, -0.2) is 20.9 Å². The Morgan fingerprint density at radius 2 is 1.61 bits per heavy atom. The number of halogens is 1. The van der Waals surface area contributed by atoms with Gasteiger partial charge in [-0.3, -0.25) is 9.10 Å². The average Bonchev–Trinajstić information content (AvgIpc) is 2.72. The van der Waals surface area contributed by atoms with Crippen LogP contribution in [0.5, 0.6) is 0 Å². The Kier molecular flexibility index (Phi) is 6.72. The van der Waals surface area contributed by atoms with Gasteiger partial charge < -0.3 is 5.32 Å². The number of amides is 1. The Labute approximate surface area is 188 Å². The summed E-state index contributed by atoms with van der Waals surface area (Å²) in [5.74, 6) is -0.459. The highest BCUT2D eigenvalue weighted by atomic mass is 35.5. The number of benzene rings is 3. The fourth-order valence-electron chi connectivity index (χ4n) is 3.10. The Bertz CT molecular complexity index is 1220. The van der Waals surface area contributed by atoms with Gasteiger partial charge in [-0.2, -0.15) is 0 Å². The molecule has 0 fully saturated rings. The molecule has 3 aromatic rings. The molecule has 0 bridgehead atoms. The summed E-state index contributed by atoms with van der Waals surface area (Å²) in [6.45, 7) is 7.17. The largest absolute Gasteiger partial charge is 0.324 e. The monoisotopic (exact) mass is 456 g/mol. The van der Waals surface area contributed by atoms with E-state index in [0.29, 0.717) is 16.4 Å². The van der Waals surface area contributed by atoms with Crippen molar-refractivity contribution in [2.45, 2.75) is 32.6 Å². The molecule has 0 atom stereocenters. The van der Waals surface area contributed by atoms with E-state index in [1.54, 1.807) is 61.5 Å². The molecule has 0 spiro atoms. The first-order chi connectivity index (χ1) is 14.6. The topological polar surface area (TPSA) is 66.5 Å². The lowest BCUT2D eigenvalue weighted by Gasteiger charge is -2.25. The van der Waals surface area contributed by atoms with Crippen LogP contribution in [0.4, 0.5) is 11.4 Å². The Balaban J connectivity index is 1.99. The van der Waals surface area contributed by atoms with E-state index < -0.39 is 15.9 Å². The van der Waals surface area contributed by atoms with E-state index in [-0.39, 0.29) is 11.4 Å². The molecule has 0 aliphatic rings. The van der Waals surface area contributed by atoms with E-state index in [1.165, 1.54) is 0 Å². The van der Waals surface area contributed by atoms with Crippen molar-refractivity contribution in [2.24, 2.45) is 0 Å². The first-order valence-electron chi connectivity index (χ1n) is 9.81. The van der Waals surface area contributed by atoms with Crippen molar-refractivity contribution in [3.8, 4) is 0 Å². The summed E-state index contributed by atoms with van der Waals surface area (Å²) in [4.78, 5) is 13.0. The molecular formula is C24H25ClN2O3S. The molecule has 3 aromatic carbocycles. The third-order valence-electron chi connectivity index (χ3n) is 5.22. The third-order valence-corrected chi connectivity index (χ3v) is 7.41. The number of anilines is 2. The second-order valence-corrected chi connectivity index (χ2v) is 9.82. The van der Waals surface area contributed by atoms with Gasteiger partial charge in [0.15, 0.2) is 0 Å². The summed E-state index contributed by atoms with van der Waals surface area (Å²) in [5, 5.41) is 3.30. The normalized spacial score (nSPS) is 11.3. The van der Waals surface area contributed by atoms with Crippen LogP contribution in [0, 0.1) is 27.7 Å². The molecule has 1 N–H and O–H groups in total. The Hall–Kier alpha value is -2.83. The number of hydrogen-bond acceptors (Lipinski definition) is 3. The van der Waals surface area contributed by atoms with Gasteiger partial charge in [0.05, 0.1) is 10.6 Å². The second kappa shape index (κ2) is 9.12. The van der Waals surface area contributed by atoms with Crippen molar-refractivity contribution in [2.75, 3.05) is 16.2 Å². The van der Waals surface area contributed by atoms with Gasteiger partial charge in [-0.15, -0.1) is 0 Å². The highest BCUT2D eigenvalue weighted by Gasteiger charge is 2.27. The highest BCUT2D eigenvalue weighted by molar-refractivity contribution is 7.92. The zero-order chi connectivity index (χ0) is 22.8. The lowest BCUT2D eigenvalue weighted by atomic mass is 10.1. The quantitative estimate of drug-likeness (QED) is 0.539. The molecule has 31 heavy (non-hydrogen) atoms.